The summed E-state index contributed by atoms with van der Waals surface area (Å²) in [6.07, 6.45) is 3.12. The minimum absolute atomic E-state index is 0.143. The highest BCUT2D eigenvalue weighted by Crippen LogP contribution is 2.30. The molecule has 0 aliphatic carbocycles. The van der Waals surface area contributed by atoms with Crippen LogP contribution < -0.4 is 15.0 Å². The van der Waals surface area contributed by atoms with E-state index >= 15 is 0 Å². The van der Waals surface area contributed by atoms with E-state index in [0.717, 1.165) is 10.7 Å². The highest BCUT2D eigenvalue weighted by atomic mass is 19.1. The lowest BCUT2D eigenvalue weighted by atomic mass is 10.2. The smallest absolute Gasteiger partial charge is 0.258 e. The van der Waals surface area contributed by atoms with Gasteiger partial charge in [0, 0.05) is 30.8 Å². The molecule has 0 saturated heterocycles. The van der Waals surface area contributed by atoms with Gasteiger partial charge in [-0.2, -0.15) is 5.10 Å². The Labute approximate surface area is 168 Å². The van der Waals surface area contributed by atoms with Gasteiger partial charge in [-0.1, -0.05) is 0 Å². The first kappa shape index (κ1) is 19.4. The first-order valence-electron chi connectivity index (χ1n) is 8.76. The molecule has 8 nitrogen and oxygen atoms in total. The van der Waals surface area contributed by atoms with E-state index in [-0.39, 0.29) is 17.7 Å². The SMILES string of the molecule is COc1cc2nc(Cc3cnn(-c4cc(F)cc(F)c4O)c3)[nH]c(=O)c2cc1OC. The maximum absolute atomic E-state index is 13.6. The summed E-state index contributed by atoms with van der Waals surface area (Å²) >= 11 is 0. The predicted octanol–water partition coefficient (Wildman–Crippen LogP) is 2.70. The van der Waals surface area contributed by atoms with E-state index in [1.165, 1.54) is 26.6 Å². The molecule has 4 aromatic rings. The molecule has 154 valence electrons. The molecule has 10 heteroatoms. The van der Waals surface area contributed by atoms with Gasteiger partial charge in [0.2, 0.25) is 0 Å². The first-order valence-corrected chi connectivity index (χ1v) is 8.76. The van der Waals surface area contributed by atoms with Crippen LogP contribution in [0.4, 0.5) is 8.78 Å². The number of phenolic OH excluding ortho intramolecular Hbond substituents is 1. The van der Waals surface area contributed by atoms with Crippen molar-refractivity contribution in [2.24, 2.45) is 0 Å². The number of halogens is 2. The number of nitrogens with zero attached hydrogens (tertiary/aromatic N) is 3. The first-order chi connectivity index (χ1) is 14.4. The molecule has 2 aromatic carbocycles. The fraction of sp³-hybridized carbons (Fsp3) is 0.150. The van der Waals surface area contributed by atoms with E-state index in [1.54, 1.807) is 12.1 Å². The van der Waals surface area contributed by atoms with Crippen molar-refractivity contribution < 1.29 is 23.4 Å². The molecule has 0 atom stereocenters. The number of aromatic amines is 1. The van der Waals surface area contributed by atoms with E-state index in [9.17, 15) is 18.7 Å². The molecule has 0 aliphatic rings. The molecule has 2 heterocycles. The van der Waals surface area contributed by atoms with Crippen LogP contribution in [0.5, 0.6) is 17.2 Å². The summed E-state index contributed by atoms with van der Waals surface area (Å²) in [7, 11) is 2.95. The Bertz CT molecular complexity index is 1320. The Morgan fingerprint density at radius 1 is 1.13 bits per heavy atom. The number of H-pyrrole nitrogens is 1. The topological polar surface area (TPSA) is 102 Å². The Balaban J connectivity index is 1.69. The predicted molar refractivity (Wildman–Crippen MR) is 103 cm³/mol. The number of hydrogen-bond acceptors (Lipinski definition) is 6. The second-order valence-electron chi connectivity index (χ2n) is 6.46. The molecular weight excluding hydrogens is 398 g/mol. The van der Waals surface area contributed by atoms with Crippen LogP contribution in [0, 0.1) is 11.6 Å². The van der Waals surface area contributed by atoms with Crippen molar-refractivity contribution >= 4 is 10.9 Å². The standard InChI is InChI=1S/C20H16F2N4O4/c1-29-16-6-12-14(7-17(16)30-2)24-18(25-20(12)28)3-10-8-23-26(9-10)15-5-11(21)4-13(22)19(15)27/h4-9,27H,3H2,1-2H3,(H,24,25,28). The van der Waals surface area contributed by atoms with Gasteiger partial charge in [-0.15, -0.1) is 0 Å². The number of methoxy groups -OCH3 is 2. The quantitative estimate of drug-likeness (QED) is 0.521. The molecule has 0 saturated carbocycles. The largest absolute Gasteiger partial charge is 0.503 e. The average Bonchev–Trinajstić information content (AvgIpc) is 3.18. The third kappa shape index (κ3) is 3.43. The van der Waals surface area contributed by atoms with Crippen molar-refractivity contribution in [3.05, 3.63) is 70.0 Å². The summed E-state index contributed by atoms with van der Waals surface area (Å²) < 4.78 is 38.7. The summed E-state index contributed by atoms with van der Waals surface area (Å²) in [6, 6.07) is 4.69. The molecule has 0 aliphatic heterocycles. The minimum atomic E-state index is -1.09. The van der Waals surface area contributed by atoms with Gasteiger partial charge >= 0.3 is 0 Å². The second-order valence-corrected chi connectivity index (χ2v) is 6.46. The number of hydrogen-bond donors (Lipinski definition) is 2. The molecule has 30 heavy (non-hydrogen) atoms. The normalized spacial score (nSPS) is 11.1. The van der Waals surface area contributed by atoms with Gasteiger partial charge in [0.15, 0.2) is 23.1 Å². The Morgan fingerprint density at radius 2 is 1.87 bits per heavy atom. The Kier molecular flexibility index (Phi) is 4.82. The molecule has 0 radical (unpaired) electrons. The Morgan fingerprint density at radius 3 is 2.60 bits per heavy atom. The maximum Gasteiger partial charge on any atom is 0.258 e. The van der Waals surface area contributed by atoms with Crippen LogP contribution in [-0.2, 0) is 6.42 Å². The number of aromatic nitrogens is 4. The lowest BCUT2D eigenvalue weighted by molar-refractivity contribution is 0.355. The minimum Gasteiger partial charge on any atom is -0.503 e. The zero-order chi connectivity index (χ0) is 21.4. The zero-order valence-corrected chi connectivity index (χ0v) is 15.9. The van der Waals surface area contributed by atoms with Gasteiger partial charge in [0.05, 0.1) is 31.3 Å². The van der Waals surface area contributed by atoms with Crippen LogP contribution in [0.2, 0.25) is 0 Å². The van der Waals surface area contributed by atoms with Crippen molar-refractivity contribution in [3.8, 4) is 22.9 Å². The van der Waals surface area contributed by atoms with Crippen LogP contribution in [0.1, 0.15) is 11.4 Å². The molecular formula is C20H16F2N4O4. The van der Waals surface area contributed by atoms with Crippen molar-refractivity contribution in [1.29, 1.82) is 0 Å². The zero-order valence-electron chi connectivity index (χ0n) is 15.9. The Hall–Kier alpha value is -3.95. The highest BCUT2D eigenvalue weighted by Gasteiger charge is 2.15. The molecule has 4 rings (SSSR count). The summed E-state index contributed by atoms with van der Waals surface area (Å²) in [5.74, 6) is -1.45. The highest BCUT2D eigenvalue weighted by molar-refractivity contribution is 5.81. The van der Waals surface area contributed by atoms with Crippen LogP contribution in [0.3, 0.4) is 0 Å². The molecule has 2 N–H and O–H groups in total. The summed E-state index contributed by atoms with van der Waals surface area (Å²) in [6.45, 7) is 0. The van der Waals surface area contributed by atoms with Gasteiger partial charge in [-0.05, 0) is 11.6 Å². The molecule has 0 spiro atoms. The van der Waals surface area contributed by atoms with E-state index in [4.69, 9.17) is 9.47 Å². The van der Waals surface area contributed by atoms with E-state index in [0.29, 0.717) is 39.9 Å². The monoisotopic (exact) mass is 414 g/mol. The van der Waals surface area contributed by atoms with E-state index in [2.05, 4.69) is 15.1 Å². The number of nitrogens with one attached hydrogen (secondary N) is 1. The van der Waals surface area contributed by atoms with Crippen LogP contribution in [-0.4, -0.2) is 39.1 Å². The molecule has 0 fully saturated rings. The van der Waals surface area contributed by atoms with Crippen LogP contribution in [0.25, 0.3) is 16.6 Å². The third-order valence-electron chi connectivity index (χ3n) is 4.52. The maximum atomic E-state index is 13.6. The van der Waals surface area contributed by atoms with Gasteiger partial charge in [-0.3, -0.25) is 4.79 Å². The summed E-state index contributed by atoms with van der Waals surface area (Å²) in [4.78, 5) is 19.6. The third-order valence-corrected chi connectivity index (χ3v) is 4.52. The number of phenols is 1. The van der Waals surface area contributed by atoms with Crippen molar-refractivity contribution in [2.45, 2.75) is 6.42 Å². The average molecular weight is 414 g/mol. The number of rotatable bonds is 5. The van der Waals surface area contributed by atoms with E-state index in [1.807, 2.05) is 0 Å². The van der Waals surface area contributed by atoms with Crippen LogP contribution >= 0.6 is 0 Å². The second kappa shape index (κ2) is 7.47. The summed E-state index contributed by atoms with van der Waals surface area (Å²) in [5, 5.41) is 14.2. The number of fused-ring (bicyclic) bond motifs is 1. The molecule has 0 bridgehead atoms. The summed E-state index contributed by atoms with van der Waals surface area (Å²) in [5.41, 5.74) is 0.523. The fourth-order valence-corrected chi connectivity index (χ4v) is 3.10. The molecule has 2 aromatic heterocycles. The number of aromatic hydroxyl groups is 1. The van der Waals surface area contributed by atoms with Crippen LogP contribution in [0.15, 0.2) is 41.5 Å². The van der Waals surface area contributed by atoms with Crippen molar-refractivity contribution in [2.75, 3.05) is 14.2 Å². The molecule has 0 amide bonds. The molecule has 0 unspecified atom stereocenters. The number of benzene rings is 2. The lowest BCUT2D eigenvalue weighted by Gasteiger charge is -2.09. The van der Waals surface area contributed by atoms with Crippen molar-refractivity contribution in [1.82, 2.24) is 19.7 Å². The van der Waals surface area contributed by atoms with E-state index < -0.39 is 17.4 Å². The van der Waals surface area contributed by atoms with Gasteiger partial charge in [-0.25, -0.2) is 18.4 Å². The lowest BCUT2D eigenvalue weighted by Crippen LogP contribution is -2.12. The van der Waals surface area contributed by atoms with Gasteiger partial charge < -0.3 is 19.6 Å². The van der Waals surface area contributed by atoms with Crippen molar-refractivity contribution in [3.63, 3.8) is 0 Å². The van der Waals surface area contributed by atoms with Gasteiger partial charge in [0.25, 0.3) is 5.56 Å². The van der Waals surface area contributed by atoms with Gasteiger partial charge in [0.1, 0.15) is 17.3 Å². The fourth-order valence-electron chi connectivity index (χ4n) is 3.10. The number of ether oxygens (including phenoxy) is 2.